The van der Waals surface area contributed by atoms with Crippen molar-refractivity contribution in [3.05, 3.63) is 24.3 Å². The Morgan fingerprint density at radius 2 is 2.05 bits per heavy atom. The summed E-state index contributed by atoms with van der Waals surface area (Å²) in [7, 11) is 0. The molecule has 20 heavy (non-hydrogen) atoms. The van der Waals surface area contributed by atoms with Gasteiger partial charge in [-0.25, -0.2) is 0 Å². The zero-order valence-electron chi connectivity index (χ0n) is 11.0. The third-order valence-corrected chi connectivity index (χ3v) is 3.47. The van der Waals surface area contributed by atoms with Crippen molar-refractivity contribution >= 4 is 23.4 Å². The van der Waals surface area contributed by atoms with Gasteiger partial charge in [0.05, 0.1) is 5.69 Å². The topological polar surface area (TPSA) is 55.1 Å². The van der Waals surface area contributed by atoms with Gasteiger partial charge in [-0.1, -0.05) is 19.1 Å². The molecule has 1 aromatic carbocycles. The predicted octanol–water partition coefficient (Wildman–Crippen LogP) is 3.61. The number of amides is 1. The largest absolute Gasteiger partial charge is 0.446 e. The lowest BCUT2D eigenvalue weighted by Crippen LogP contribution is -2.21. The van der Waals surface area contributed by atoms with E-state index in [4.69, 9.17) is 5.73 Å². The molecule has 1 atom stereocenters. The fraction of sp³-hybridized carbons (Fsp3) is 0.462. The lowest BCUT2D eigenvalue weighted by atomic mass is 10.0. The van der Waals surface area contributed by atoms with Gasteiger partial charge in [-0.15, -0.1) is 0 Å². The van der Waals surface area contributed by atoms with Crippen molar-refractivity contribution in [1.82, 2.24) is 0 Å². The van der Waals surface area contributed by atoms with Gasteiger partial charge in [-0.05, 0) is 43.3 Å². The first-order valence-corrected chi connectivity index (χ1v) is 7.01. The zero-order chi connectivity index (χ0) is 15.2. The molecule has 0 fully saturated rings. The average molecular weight is 306 g/mol. The minimum absolute atomic E-state index is 0.0145. The Balaban J connectivity index is 2.74. The van der Waals surface area contributed by atoms with E-state index in [1.165, 1.54) is 18.2 Å². The maximum atomic E-state index is 12.4. The Labute approximate surface area is 120 Å². The number of hydrogen-bond acceptors (Lipinski definition) is 3. The van der Waals surface area contributed by atoms with E-state index in [-0.39, 0.29) is 34.2 Å². The maximum Gasteiger partial charge on any atom is 0.446 e. The number of nitrogens with one attached hydrogen (secondary N) is 1. The van der Waals surface area contributed by atoms with Crippen molar-refractivity contribution in [2.24, 2.45) is 11.7 Å². The highest BCUT2D eigenvalue weighted by molar-refractivity contribution is 8.00. The first-order chi connectivity index (χ1) is 9.33. The van der Waals surface area contributed by atoms with E-state index in [1.807, 2.05) is 0 Å². The number of carbonyl (C=O) groups is 1. The molecule has 0 aromatic heterocycles. The van der Waals surface area contributed by atoms with E-state index >= 15 is 0 Å². The quantitative estimate of drug-likeness (QED) is 0.789. The summed E-state index contributed by atoms with van der Waals surface area (Å²) >= 11 is -0.236. The first-order valence-electron chi connectivity index (χ1n) is 6.19. The third-order valence-electron chi connectivity index (χ3n) is 2.66. The predicted molar refractivity (Wildman–Crippen MR) is 74.4 cm³/mol. The van der Waals surface area contributed by atoms with Crippen LogP contribution in [-0.2, 0) is 4.79 Å². The average Bonchev–Trinajstić information content (AvgIpc) is 2.36. The SMILES string of the molecule is CC(CCCN)C(=O)Nc1ccccc1SC(F)(F)F. The number of anilines is 1. The Hall–Kier alpha value is -1.21. The van der Waals surface area contributed by atoms with Crippen molar-refractivity contribution in [3.8, 4) is 0 Å². The second-order valence-corrected chi connectivity index (χ2v) is 5.47. The van der Waals surface area contributed by atoms with Crippen LogP contribution in [0.5, 0.6) is 0 Å². The summed E-state index contributed by atoms with van der Waals surface area (Å²) < 4.78 is 37.3. The molecule has 7 heteroatoms. The van der Waals surface area contributed by atoms with E-state index in [2.05, 4.69) is 5.32 Å². The van der Waals surface area contributed by atoms with Crippen LogP contribution in [0.3, 0.4) is 0 Å². The van der Waals surface area contributed by atoms with Gasteiger partial charge in [0.2, 0.25) is 5.91 Å². The highest BCUT2D eigenvalue weighted by atomic mass is 32.2. The van der Waals surface area contributed by atoms with Crippen molar-refractivity contribution < 1.29 is 18.0 Å². The van der Waals surface area contributed by atoms with E-state index in [9.17, 15) is 18.0 Å². The molecule has 0 heterocycles. The van der Waals surface area contributed by atoms with Crippen LogP contribution in [0.4, 0.5) is 18.9 Å². The van der Waals surface area contributed by atoms with Crippen LogP contribution in [-0.4, -0.2) is 18.0 Å². The van der Waals surface area contributed by atoms with Crippen molar-refractivity contribution in [1.29, 1.82) is 0 Å². The molecule has 3 N–H and O–H groups in total. The van der Waals surface area contributed by atoms with Crippen LogP contribution in [0.25, 0.3) is 0 Å². The molecule has 0 spiro atoms. The molecule has 0 aliphatic carbocycles. The summed E-state index contributed by atoms with van der Waals surface area (Å²) in [4.78, 5) is 11.9. The number of benzene rings is 1. The molecule has 0 saturated heterocycles. The number of para-hydroxylation sites is 1. The van der Waals surface area contributed by atoms with E-state index < -0.39 is 5.51 Å². The third kappa shape index (κ3) is 5.83. The highest BCUT2D eigenvalue weighted by Crippen LogP contribution is 2.40. The van der Waals surface area contributed by atoms with Gasteiger partial charge in [0.15, 0.2) is 0 Å². The van der Waals surface area contributed by atoms with Crippen LogP contribution < -0.4 is 11.1 Å². The summed E-state index contributed by atoms with van der Waals surface area (Å²) in [6.45, 7) is 2.21. The summed E-state index contributed by atoms with van der Waals surface area (Å²) in [6, 6.07) is 5.88. The number of hydrogen-bond donors (Lipinski definition) is 2. The molecule has 0 bridgehead atoms. The van der Waals surface area contributed by atoms with Crippen molar-refractivity contribution in [3.63, 3.8) is 0 Å². The monoisotopic (exact) mass is 306 g/mol. The second kappa shape index (κ2) is 7.54. The maximum absolute atomic E-state index is 12.4. The van der Waals surface area contributed by atoms with E-state index in [0.717, 1.165) is 0 Å². The molecule has 1 amide bonds. The van der Waals surface area contributed by atoms with Crippen LogP contribution >= 0.6 is 11.8 Å². The van der Waals surface area contributed by atoms with Gasteiger partial charge in [-0.2, -0.15) is 13.2 Å². The summed E-state index contributed by atoms with van der Waals surface area (Å²) in [5.41, 5.74) is 1.16. The molecule has 1 aromatic rings. The van der Waals surface area contributed by atoms with Gasteiger partial charge in [0.1, 0.15) is 0 Å². The van der Waals surface area contributed by atoms with Gasteiger partial charge < -0.3 is 11.1 Å². The smallest absolute Gasteiger partial charge is 0.330 e. The lowest BCUT2D eigenvalue weighted by Gasteiger charge is -2.15. The molecule has 112 valence electrons. The molecule has 0 aliphatic heterocycles. The normalized spacial score (nSPS) is 13.1. The van der Waals surface area contributed by atoms with Gasteiger partial charge >= 0.3 is 5.51 Å². The fourth-order valence-electron chi connectivity index (χ4n) is 1.59. The zero-order valence-corrected chi connectivity index (χ0v) is 11.9. The van der Waals surface area contributed by atoms with Gasteiger partial charge in [-0.3, -0.25) is 4.79 Å². The van der Waals surface area contributed by atoms with Crippen molar-refractivity contribution in [2.45, 2.75) is 30.2 Å². The molecular formula is C13H17F3N2OS. The summed E-state index contributed by atoms with van der Waals surface area (Å²) in [5, 5.41) is 2.54. The summed E-state index contributed by atoms with van der Waals surface area (Å²) in [5.74, 6) is -0.587. The molecule has 3 nitrogen and oxygen atoms in total. The summed E-state index contributed by atoms with van der Waals surface area (Å²) in [6.07, 6.45) is 1.31. The van der Waals surface area contributed by atoms with Gasteiger partial charge in [0.25, 0.3) is 0 Å². The Kier molecular flexibility index (Phi) is 6.35. The minimum atomic E-state index is -4.38. The molecular weight excluding hydrogens is 289 g/mol. The highest BCUT2D eigenvalue weighted by Gasteiger charge is 2.30. The Morgan fingerprint density at radius 3 is 2.65 bits per heavy atom. The number of alkyl halides is 3. The van der Waals surface area contributed by atoms with E-state index in [1.54, 1.807) is 13.0 Å². The van der Waals surface area contributed by atoms with Crippen LogP contribution in [0.1, 0.15) is 19.8 Å². The van der Waals surface area contributed by atoms with Crippen molar-refractivity contribution in [2.75, 3.05) is 11.9 Å². The Bertz CT molecular complexity index is 451. The number of rotatable bonds is 6. The van der Waals surface area contributed by atoms with E-state index in [0.29, 0.717) is 19.4 Å². The lowest BCUT2D eigenvalue weighted by molar-refractivity contribution is -0.119. The number of thioether (sulfide) groups is 1. The van der Waals surface area contributed by atoms with Crippen LogP contribution in [0.2, 0.25) is 0 Å². The van der Waals surface area contributed by atoms with Gasteiger partial charge in [0, 0.05) is 10.8 Å². The number of carbonyl (C=O) groups excluding carboxylic acids is 1. The number of halogens is 3. The molecule has 1 rings (SSSR count). The number of nitrogens with two attached hydrogens (primary N) is 1. The molecule has 0 saturated carbocycles. The van der Waals surface area contributed by atoms with Crippen LogP contribution in [0, 0.1) is 5.92 Å². The molecule has 0 aliphatic rings. The second-order valence-electron chi connectivity index (χ2n) is 4.37. The van der Waals surface area contributed by atoms with Crippen LogP contribution in [0.15, 0.2) is 29.2 Å². The molecule has 1 unspecified atom stereocenters. The minimum Gasteiger partial charge on any atom is -0.330 e. The standard InChI is InChI=1S/C13H17F3N2OS/c1-9(5-4-8-17)12(19)18-10-6-2-3-7-11(10)20-13(14,15)16/h2-3,6-7,9H,4-5,8,17H2,1H3,(H,18,19). The fourth-order valence-corrected chi connectivity index (χ4v) is 2.22. The Morgan fingerprint density at radius 1 is 1.40 bits per heavy atom. The molecule has 0 radical (unpaired) electrons. The first kappa shape index (κ1) is 16.8.